The molecule has 8 nitrogen and oxygen atoms in total. The Kier molecular flexibility index (Phi) is 28.6. The third-order valence-electron chi connectivity index (χ3n) is 12.2. The summed E-state index contributed by atoms with van der Waals surface area (Å²) in [6, 6.07) is 12.2. The smallest absolute Gasteiger partial charge is 0.0857 e. The number of rotatable bonds is 14. The summed E-state index contributed by atoms with van der Waals surface area (Å²) in [5.41, 5.74) is 2.89. The van der Waals surface area contributed by atoms with Gasteiger partial charge in [-0.2, -0.15) is 0 Å². The van der Waals surface area contributed by atoms with Crippen molar-refractivity contribution in [3.05, 3.63) is 35.4 Å². The average molecular weight is 861 g/mol. The molecule has 0 amide bonds. The van der Waals surface area contributed by atoms with Crippen molar-refractivity contribution >= 4 is 0 Å². The van der Waals surface area contributed by atoms with Crippen molar-refractivity contribution < 1.29 is 18.9 Å². The molecule has 360 valence electrons. The fourth-order valence-corrected chi connectivity index (χ4v) is 8.27. The molecule has 8 heteroatoms. The second-order valence-corrected chi connectivity index (χ2v) is 21.1. The van der Waals surface area contributed by atoms with Crippen LogP contribution in [0.2, 0.25) is 0 Å². The van der Waals surface area contributed by atoms with Crippen molar-refractivity contribution in [1.82, 2.24) is 19.6 Å². The summed E-state index contributed by atoms with van der Waals surface area (Å²) in [6.45, 7) is 54.2. The van der Waals surface area contributed by atoms with E-state index in [0.717, 1.165) is 26.2 Å². The molecule has 0 bridgehead atoms. The normalized spacial score (nSPS) is 23.2. The van der Waals surface area contributed by atoms with Gasteiger partial charge in [0.15, 0.2) is 0 Å². The fourth-order valence-electron chi connectivity index (χ4n) is 8.27. The van der Waals surface area contributed by atoms with Gasteiger partial charge in [0.05, 0.1) is 48.8 Å². The van der Waals surface area contributed by atoms with E-state index in [4.69, 9.17) is 18.9 Å². The van der Waals surface area contributed by atoms with Crippen molar-refractivity contribution in [1.29, 1.82) is 0 Å². The van der Waals surface area contributed by atoms with Gasteiger partial charge in [0.1, 0.15) is 0 Å². The largest absolute Gasteiger partial charge is 0.376 e. The van der Waals surface area contributed by atoms with Crippen LogP contribution in [0, 0.1) is 0 Å². The molecular formula is C53H104N4O4. The number of hydrogen-bond acceptors (Lipinski definition) is 8. The highest BCUT2D eigenvalue weighted by Crippen LogP contribution is 2.25. The van der Waals surface area contributed by atoms with Crippen LogP contribution in [0.3, 0.4) is 0 Å². The van der Waals surface area contributed by atoms with Gasteiger partial charge in [-0.05, 0) is 173 Å². The molecule has 1 aromatic rings. The van der Waals surface area contributed by atoms with E-state index < -0.39 is 0 Å². The molecule has 4 aliphatic heterocycles. The van der Waals surface area contributed by atoms with Crippen LogP contribution >= 0.6 is 0 Å². The van der Waals surface area contributed by atoms with E-state index in [1.807, 2.05) is 0 Å². The van der Waals surface area contributed by atoms with Gasteiger partial charge in [0.2, 0.25) is 0 Å². The summed E-state index contributed by atoms with van der Waals surface area (Å²) in [4.78, 5) is 9.93. The van der Waals surface area contributed by atoms with Crippen LogP contribution in [-0.2, 0) is 18.9 Å². The summed E-state index contributed by atoms with van der Waals surface area (Å²) < 4.78 is 23.0. The lowest BCUT2D eigenvalue weighted by molar-refractivity contribution is -0.129. The number of ether oxygens (including phenoxy) is 4. The zero-order valence-electron chi connectivity index (χ0n) is 44.2. The maximum absolute atomic E-state index is 5.87. The molecule has 0 saturated carbocycles. The first-order valence-corrected chi connectivity index (χ1v) is 25.1. The van der Waals surface area contributed by atoms with Gasteiger partial charge < -0.3 is 23.8 Å². The second-order valence-electron chi connectivity index (χ2n) is 21.1. The van der Waals surface area contributed by atoms with Crippen LogP contribution < -0.4 is 0 Å². The van der Waals surface area contributed by atoms with E-state index in [0.29, 0.717) is 90.9 Å². The Morgan fingerprint density at radius 1 is 0.443 bits per heavy atom. The predicted octanol–water partition coefficient (Wildman–Crippen LogP) is 11.9. The van der Waals surface area contributed by atoms with Gasteiger partial charge in [-0.3, -0.25) is 14.7 Å². The van der Waals surface area contributed by atoms with E-state index in [1.54, 1.807) is 0 Å². The maximum Gasteiger partial charge on any atom is 0.0857 e. The second kappa shape index (κ2) is 30.2. The minimum atomic E-state index is 0.367. The molecule has 4 atom stereocenters. The number of likely N-dealkylation sites (tertiary alicyclic amines) is 4. The summed E-state index contributed by atoms with van der Waals surface area (Å²) >= 11 is 0. The first-order chi connectivity index (χ1) is 28.4. The zero-order chi connectivity index (χ0) is 46.6. The monoisotopic (exact) mass is 861 g/mol. The fraction of sp³-hybridized carbons (Fsp3) is 0.887. The van der Waals surface area contributed by atoms with Crippen molar-refractivity contribution in [2.24, 2.45) is 0 Å². The van der Waals surface area contributed by atoms with E-state index in [2.05, 4.69) is 189 Å². The molecule has 4 aliphatic rings. The summed E-state index contributed by atoms with van der Waals surface area (Å²) in [5, 5.41) is 0. The predicted molar refractivity (Wildman–Crippen MR) is 265 cm³/mol. The third kappa shape index (κ3) is 24.1. The van der Waals surface area contributed by atoms with Crippen LogP contribution in [0.25, 0.3) is 0 Å². The molecule has 4 fully saturated rings. The Labute approximate surface area is 380 Å². The first-order valence-electron chi connectivity index (χ1n) is 25.1. The molecule has 5 rings (SSSR count). The topological polar surface area (TPSA) is 49.9 Å². The van der Waals surface area contributed by atoms with Gasteiger partial charge in [0.25, 0.3) is 0 Å². The molecule has 61 heavy (non-hydrogen) atoms. The Balaban J connectivity index is 0.000000382. The van der Waals surface area contributed by atoms with Crippen LogP contribution in [0.5, 0.6) is 0 Å². The molecule has 0 aliphatic carbocycles. The van der Waals surface area contributed by atoms with E-state index >= 15 is 0 Å². The molecule has 0 N–H and O–H groups in total. The number of benzene rings is 1. The molecule has 1 unspecified atom stereocenters. The van der Waals surface area contributed by atoms with E-state index in [9.17, 15) is 0 Å². The lowest BCUT2D eigenvalue weighted by Crippen LogP contribution is -2.62. The van der Waals surface area contributed by atoms with Crippen LogP contribution in [-0.4, -0.2) is 144 Å². The van der Waals surface area contributed by atoms with Crippen LogP contribution in [0.4, 0.5) is 0 Å². The summed E-state index contributed by atoms with van der Waals surface area (Å²) in [5.74, 6) is 1.28. The minimum absolute atomic E-state index is 0.367. The zero-order valence-corrected chi connectivity index (χ0v) is 44.2. The lowest BCUT2D eigenvalue weighted by Gasteiger charge is -2.49. The highest BCUT2D eigenvalue weighted by molar-refractivity contribution is 5.27. The molecule has 0 aromatic heterocycles. The quantitative estimate of drug-likeness (QED) is 0.183. The Morgan fingerprint density at radius 2 is 0.869 bits per heavy atom. The summed E-state index contributed by atoms with van der Waals surface area (Å²) in [6.07, 6.45) is 8.38. The highest BCUT2D eigenvalue weighted by atomic mass is 16.5. The maximum atomic E-state index is 5.87. The lowest BCUT2D eigenvalue weighted by atomic mass is 9.96. The third-order valence-corrected chi connectivity index (χ3v) is 12.2. The Bertz CT molecular complexity index is 1190. The van der Waals surface area contributed by atoms with Gasteiger partial charge in [0, 0.05) is 69.5 Å². The van der Waals surface area contributed by atoms with Crippen LogP contribution in [0.15, 0.2) is 24.3 Å². The first kappa shape index (κ1) is 57.9. The van der Waals surface area contributed by atoms with Gasteiger partial charge >= 0.3 is 0 Å². The van der Waals surface area contributed by atoms with Gasteiger partial charge in [-0.1, -0.05) is 52.0 Å². The molecule has 0 radical (unpaired) electrons. The van der Waals surface area contributed by atoms with Crippen molar-refractivity contribution in [3.63, 3.8) is 0 Å². The van der Waals surface area contributed by atoms with Crippen molar-refractivity contribution in [2.75, 3.05) is 45.8 Å². The Morgan fingerprint density at radius 3 is 1.28 bits per heavy atom. The molecule has 4 heterocycles. The average Bonchev–Trinajstić information content (AvgIpc) is 3.48. The number of hydrogen-bond donors (Lipinski definition) is 0. The molecule has 1 aromatic carbocycles. The number of nitrogens with zero attached hydrogens (tertiary/aromatic N) is 4. The summed E-state index contributed by atoms with van der Waals surface area (Å²) in [7, 11) is 0. The van der Waals surface area contributed by atoms with E-state index in [1.165, 1.54) is 56.4 Å². The van der Waals surface area contributed by atoms with Gasteiger partial charge in [-0.25, -0.2) is 0 Å². The molecule has 4 saturated heterocycles. The molecule has 0 spiro atoms. The minimum Gasteiger partial charge on any atom is -0.376 e. The van der Waals surface area contributed by atoms with Crippen molar-refractivity contribution in [3.8, 4) is 0 Å². The van der Waals surface area contributed by atoms with E-state index in [-0.39, 0.29) is 0 Å². The Hall–Kier alpha value is -1.10. The van der Waals surface area contributed by atoms with Crippen molar-refractivity contribution in [2.45, 2.75) is 262 Å². The molecular weight excluding hydrogens is 757 g/mol. The SMILES string of the molecule is CC(C)OC1CCCN(C(C)C)CC1.CC(C)OC1CN(C(C)C)C1.CC(C)O[C@H]1CCN(C(C)C)C1.CC(C)O[C@H]1CN(C(C)C)[C@@H]1C.CC(C)c1cccc(C(C)C)c1. The standard InChI is InChI=1S/C12H25NO.C12H18.2C10H21NO.C9H19NO/c1-10(2)13-8-5-6-12(7-9-13)14-11(3)4;1-9(2)11-6-5-7-12(8-11)10(3)4;1-7(2)11-6-10(9(11)5)12-8(3)4;1-8(2)11-6-5-10(7-11)12-9(3)4;1-7(2)10-5-9(6-10)11-8(3)4/h10-12H,5-9H2,1-4H3;5-10H,1-4H3;7-10H,6H2,1-5H3;8-10H,5-7H2,1-4H3;7-9H,5-6H2,1-4H3/t;;9-,10+;10-;/m..10./s1. The van der Waals surface area contributed by atoms with Crippen LogP contribution in [0.1, 0.15) is 194 Å². The van der Waals surface area contributed by atoms with Gasteiger partial charge in [-0.15, -0.1) is 0 Å². The highest BCUT2D eigenvalue weighted by Gasteiger charge is 2.38.